The van der Waals surface area contributed by atoms with Crippen molar-refractivity contribution in [2.75, 3.05) is 5.32 Å². The standard InChI is InChI=1S/C13H12ClN3S/c14-10-3-1-2-9(6-10)7-16-11-4-5-12(13(15)18)17-8-11/h1-6,8,16H,7H2,(H2,15,18). The van der Waals surface area contributed by atoms with Crippen molar-refractivity contribution < 1.29 is 0 Å². The largest absolute Gasteiger partial charge is 0.388 e. The number of hydrogen-bond acceptors (Lipinski definition) is 3. The second-order valence-corrected chi connectivity index (χ2v) is 4.66. The molecule has 0 aliphatic rings. The van der Waals surface area contributed by atoms with Gasteiger partial charge in [-0.2, -0.15) is 0 Å². The summed E-state index contributed by atoms with van der Waals surface area (Å²) >= 11 is 10.8. The molecule has 0 atom stereocenters. The number of benzene rings is 1. The SMILES string of the molecule is NC(=S)c1ccc(NCc2cccc(Cl)c2)cn1. The lowest BCUT2D eigenvalue weighted by Crippen LogP contribution is -2.11. The van der Waals surface area contributed by atoms with E-state index in [-0.39, 0.29) is 0 Å². The molecule has 1 aromatic carbocycles. The summed E-state index contributed by atoms with van der Waals surface area (Å²) in [5.41, 5.74) is 8.13. The number of pyridine rings is 1. The predicted molar refractivity (Wildman–Crippen MR) is 78.9 cm³/mol. The zero-order chi connectivity index (χ0) is 13.0. The van der Waals surface area contributed by atoms with E-state index in [1.807, 2.05) is 30.3 Å². The van der Waals surface area contributed by atoms with Gasteiger partial charge in [0, 0.05) is 11.6 Å². The highest BCUT2D eigenvalue weighted by molar-refractivity contribution is 7.80. The maximum atomic E-state index is 5.91. The maximum absolute atomic E-state index is 5.91. The first-order valence-corrected chi connectivity index (χ1v) is 6.18. The Kier molecular flexibility index (Phi) is 4.12. The van der Waals surface area contributed by atoms with Gasteiger partial charge in [0.2, 0.25) is 0 Å². The van der Waals surface area contributed by atoms with Crippen molar-refractivity contribution in [3.05, 3.63) is 58.9 Å². The third-order valence-corrected chi connectivity index (χ3v) is 2.85. The smallest absolute Gasteiger partial charge is 0.122 e. The summed E-state index contributed by atoms with van der Waals surface area (Å²) in [5.74, 6) is 0. The fourth-order valence-electron chi connectivity index (χ4n) is 1.50. The van der Waals surface area contributed by atoms with Crippen molar-refractivity contribution in [2.45, 2.75) is 6.54 Å². The van der Waals surface area contributed by atoms with E-state index in [1.54, 1.807) is 12.3 Å². The minimum Gasteiger partial charge on any atom is -0.388 e. The molecule has 0 amide bonds. The molecule has 0 radical (unpaired) electrons. The van der Waals surface area contributed by atoms with Crippen LogP contribution in [0.2, 0.25) is 5.02 Å². The van der Waals surface area contributed by atoms with Crippen molar-refractivity contribution in [3.8, 4) is 0 Å². The molecule has 0 bridgehead atoms. The molecule has 0 spiro atoms. The zero-order valence-corrected chi connectivity index (χ0v) is 11.1. The Hall–Kier alpha value is -1.65. The van der Waals surface area contributed by atoms with Gasteiger partial charge in [-0.3, -0.25) is 4.98 Å². The molecule has 0 fully saturated rings. The Morgan fingerprint density at radius 3 is 2.78 bits per heavy atom. The quantitative estimate of drug-likeness (QED) is 0.844. The van der Waals surface area contributed by atoms with Gasteiger partial charge in [0.05, 0.1) is 17.6 Å². The lowest BCUT2D eigenvalue weighted by Gasteiger charge is -2.07. The average Bonchev–Trinajstić information content (AvgIpc) is 2.37. The van der Waals surface area contributed by atoms with Crippen LogP contribution in [-0.4, -0.2) is 9.97 Å². The fraction of sp³-hybridized carbons (Fsp3) is 0.0769. The van der Waals surface area contributed by atoms with Gasteiger partial charge in [0.15, 0.2) is 0 Å². The first-order valence-electron chi connectivity index (χ1n) is 5.39. The molecule has 0 aliphatic carbocycles. The molecule has 92 valence electrons. The van der Waals surface area contributed by atoms with E-state index < -0.39 is 0 Å². The lowest BCUT2D eigenvalue weighted by molar-refractivity contribution is 1.13. The predicted octanol–water partition coefficient (Wildman–Crippen LogP) is 2.98. The van der Waals surface area contributed by atoms with Gasteiger partial charge in [0.1, 0.15) is 4.99 Å². The van der Waals surface area contributed by atoms with Crippen LogP contribution in [0.1, 0.15) is 11.3 Å². The lowest BCUT2D eigenvalue weighted by atomic mass is 10.2. The van der Waals surface area contributed by atoms with Crippen LogP contribution in [-0.2, 0) is 6.54 Å². The van der Waals surface area contributed by atoms with Crippen molar-refractivity contribution in [1.29, 1.82) is 0 Å². The van der Waals surface area contributed by atoms with Crippen LogP contribution >= 0.6 is 23.8 Å². The van der Waals surface area contributed by atoms with Crippen molar-refractivity contribution in [3.63, 3.8) is 0 Å². The highest BCUT2D eigenvalue weighted by Crippen LogP contribution is 2.13. The van der Waals surface area contributed by atoms with E-state index in [0.29, 0.717) is 17.2 Å². The number of nitrogens with one attached hydrogen (secondary N) is 1. The molecule has 5 heteroatoms. The first-order chi connectivity index (χ1) is 8.65. The number of nitrogens with two attached hydrogens (primary N) is 1. The Balaban J connectivity index is 2.00. The number of nitrogens with zero attached hydrogens (tertiary/aromatic N) is 1. The Morgan fingerprint density at radius 1 is 1.33 bits per heavy atom. The summed E-state index contributed by atoms with van der Waals surface area (Å²) < 4.78 is 0. The third kappa shape index (κ3) is 3.42. The Morgan fingerprint density at radius 2 is 2.17 bits per heavy atom. The van der Waals surface area contributed by atoms with Gasteiger partial charge in [-0.15, -0.1) is 0 Å². The second-order valence-electron chi connectivity index (χ2n) is 3.78. The number of rotatable bonds is 4. The number of aromatic nitrogens is 1. The summed E-state index contributed by atoms with van der Waals surface area (Å²) in [6.07, 6.45) is 1.71. The molecule has 2 aromatic rings. The van der Waals surface area contributed by atoms with E-state index in [1.165, 1.54) is 0 Å². The number of thiocarbonyl (C=S) groups is 1. The minimum absolute atomic E-state index is 0.302. The minimum atomic E-state index is 0.302. The van der Waals surface area contributed by atoms with Gasteiger partial charge < -0.3 is 11.1 Å². The second kappa shape index (κ2) is 5.80. The summed E-state index contributed by atoms with van der Waals surface area (Å²) in [6, 6.07) is 11.4. The van der Waals surface area contributed by atoms with Gasteiger partial charge in [-0.1, -0.05) is 36.0 Å². The third-order valence-electron chi connectivity index (χ3n) is 2.40. The van der Waals surface area contributed by atoms with Crippen LogP contribution in [0.3, 0.4) is 0 Å². The highest BCUT2D eigenvalue weighted by Gasteiger charge is 1.99. The Labute approximate surface area is 116 Å². The van der Waals surface area contributed by atoms with E-state index in [0.717, 1.165) is 16.3 Å². The van der Waals surface area contributed by atoms with E-state index in [4.69, 9.17) is 29.6 Å². The van der Waals surface area contributed by atoms with Crippen LogP contribution in [0.15, 0.2) is 42.6 Å². The number of halogens is 1. The van der Waals surface area contributed by atoms with Crippen molar-refractivity contribution in [1.82, 2.24) is 4.98 Å². The Bertz CT molecular complexity index is 554. The van der Waals surface area contributed by atoms with Gasteiger partial charge in [-0.05, 0) is 29.8 Å². The maximum Gasteiger partial charge on any atom is 0.122 e. The molecule has 0 unspecified atom stereocenters. The summed E-state index contributed by atoms with van der Waals surface area (Å²) in [6.45, 7) is 0.689. The summed E-state index contributed by atoms with van der Waals surface area (Å²) in [4.78, 5) is 4.46. The molecule has 1 heterocycles. The van der Waals surface area contributed by atoms with Crippen LogP contribution in [0.5, 0.6) is 0 Å². The first kappa shape index (κ1) is 12.8. The summed E-state index contributed by atoms with van der Waals surface area (Å²) in [7, 11) is 0. The molecular formula is C13H12ClN3S. The van der Waals surface area contributed by atoms with E-state index in [9.17, 15) is 0 Å². The van der Waals surface area contributed by atoms with E-state index in [2.05, 4.69) is 10.3 Å². The van der Waals surface area contributed by atoms with Crippen LogP contribution in [0.4, 0.5) is 5.69 Å². The molecule has 3 N–H and O–H groups in total. The van der Waals surface area contributed by atoms with E-state index >= 15 is 0 Å². The van der Waals surface area contributed by atoms with Gasteiger partial charge >= 0.3 is 0 Å². The van der Waals surface area contributed by atoms with Gasteiger partial charge in [-0.25, -0.2) is 0 Å². The molecule has 0 aliphatic heterocycles. The molecule has 1 aromatic heterocycles. The highest BCUT2D eigenvalue weighted by atomic mass is 35.5. The van der Waals surface area contributed by atoms with Crippen LogP contribution < -0.4 is 11.1 Å². The van der Waals surface area contributed by atoms with Crippen LogP contribution in [0, 0.1) is 0 Å². The topological polar surface area (TPSA) is 50.9 Å². The molecule has 18 heavy (non-hydrogen) atoms. The average molecular weight is 278 g/mol. The monoisotopic (exact) mass is 277 g/mol. The molecular weight excluding hydrogens is 266 g/mol. The molecule has 0 saturated heterocycles. The summed E-state index contributed by atoms with van der Waals surface area (Å²) in [5, 5.41) is 3.98. The van der Waals surface area contributed by atoms with Crippen molar-refractivity contribution in [2.24, 2.45) is 5.73 Å². The number of hydrogen-bond donors (Lipinski definition) is 2. The number of anilines is 1. The zero-order valence-electron chi connectivity index (χ0n) is 9.56. The molecule has 3 nitrogen and oxygen atoms in total. The van der Waals surface area contributed by atoms with Crippen LogP contribution in [0.25, 0.3) is 0 Å². The van der Waals surface area contributed by atoms with Gasteiger partial charge in [0.25, 0.3) is 0 Å². The molecule has 0 saturated carbocycles. The molecule has 2 rings (SSSR count). The normalized spacial score (nSPS) is 10.1. The fourth-order valence-corrected chi connectivity index (χ4v) is 1.83. The van der Waals surface area contributed by atoms with Crippen molar-refractivity contribution >= 4 is 34.5 Å².